The molecule has 150 valence electrons. The molecule has 3 rings (SSSR count). The van der Waals surface area contributed by atoms with Gasteiger partial charge in [0.15, 0.2) is 5.69 Å². The molecule has 8 nitrogen and oxygen atoms in total. The first-order chi connectivity index (χ1) is 13.4. The van der Waals surface area contributed by atoms with Crippen LogP contribution in [0.15, 0.2) is 36.5 Å². The zero-order valence-corrected chi connectivity index (χ0v) is 16.0. The molecule has 0 N–H and O–H groups in total. The molecule has 2 heterocycles. The molecule has 1 saturated heterocycles. The number of carbonyl (C=O) groups is 2. The highest BCUT2D eigenvalue weighted by molar-refractivity contribution is 5.91. The Labute approximate surface area is 162 Å². The Morgan fingerprint density at radius 3 is 2.75 bits per heavy atom. The van der Waals surface area contributed by atoms with Crippen molar-refractivity contribution in [2.45, 2.75) is 31.8 Å². The SMILES string of the molecule is CN(C)C(=O)c1cn(C[C@@H]2C[C@H](F)CN2C(=O)COCc2ccccc2)nn1. The van der Waals surface area contributed by atoms with E-state index in [1.54, 1.807) is 14.1 Å². The topological polar surface area (TPSA) is 80.6 Å². The number of amides is 2. The van der Waals surface area contributed by atoms with Crippen molar-refractivity contribution in [1.82, 2.24) is 24.8 Å². The van der Waals surface area contributed by atoms with E-state index in [1.165, 1.54) is 20.7 Å². The quantitative estimate of drug-likeness (QED) is 0.709. The molecule has 0 bridgehead atoms. The summed E-state index contributed by atoms with van der Waals surface area (Å²) in [5.41, 5.74) is 1.18. The van der Waals surface area contributed by atoms with Gasteiger partial charge in [-0.15, -0.1) is 5.10 Å². The standard InChI is InChI=1S/C19H24FN5O3/c1-23(2)19(27)17-11-24(22-21-17)10-16-8-15(20)9-25(16)18(26)13-28-12-14-6-4-3-5-7-14/h3-7,11,15-16H,8-10,12-13H2,1-2H3/t15-,16-/m0/s1. The highest BCUT2D eigenvalue weighted by atomic mass is 19.1. The number of ether oxygens (including phenoxy) is 1. The minimum Gasteiger partial charge on any atom is -0.367 e. The van der Waals surface area contributed by atoms with Gasteiger partial charge in [0.25, 0.3) is 5.91 Å². The number of carbonyl (C=O) groups excluding carboxylic acids is 2. The van der Waals surface area contributed by atoms with E-state index in [-0.39, 0.29) is 49.7 Å². The summed E-state index contributed by atoms with van der Waals surface area (Å²) in [7, 11) is 3.25. The van der Waals surface area contributed by atoms with Crippen LogP contribution in [-0.2, 0) is 22.7 Å². The Kier molecular flexibility index (Phi) is 6.35. The van der Waals surface area contributed by atoms with Crippen molar-refractivity contribution >= 4 is 11.8 Å². The zero-order chi connectivity index (χ0) is 20.1. The van der Waals surface area contributed by atoms with E-state index >= 15 is 0 Å². The van der Waals surface area contributed by atoms with E-state index in [0.717, 1.165) is 5.56 Å². The van der Waals surface area contributed by atoms with Gasteiger partial charge in [-0.25, -0.2) is 9.07 Å². The molecule has 1 fully saturated rings. The second-order valence-corrected chi connectivity index (χ2v) is 7.04. The van der Waals surface area contributed by atoms with Crippen LogP contribution in [0.2, 0.25) is 0 Å². The number of likely N-dealkylation sites (tertiary alicyclic amines) is 1. The number of hydrogen-bond acceptors (Lipinski definition) is 5. The third-order valence-corrected chi connectivity index (χ3v) is 4.58. The third-order valence-electron chi connectivity index (χ3n) is 4.58. The molecule has 28 heavy (non-hydrogen) atoms. The number of halogens is 1. The number of hydrogen-bond donors (Lipinski definition) is 0. The van der Waals surface area contributed by atoms with Crippen LogP contribution in [0.25, 0.3) is 0 Å². The Morgan fingerprint density at radius 1 is 1.29 bits per heavy atom. The molecule has 1 aliphatic rings. The van der Waals surface area contributed by atoms with Gasteiger partial charge in [-0.2, -0.15) is 0 Å². The smallest absolute Gasteiger partial charge is 0.275 e. The summed E-state index contributed by atoms with van der Waals surface area (Å²) in [5, 5.41) is 7.78. The fourth-order valence-electron chi connectivity index (χ4n) is 3.18. The Hall–Kier alpha value is -2.81. The average Bonchev–Trinajstić information content (AvgIpc) is 3.28. The van der Waals surface area contributed by atoms with Gasteiger partial charge in [-0.05, 0) is 5.56 Å². The lowest BCUT2D eigenvalue weighted by Gasteiger charge is -2.24. The van der Waals surface area contributed by atoms with Crippen molar-refractivity contribution in [2.75, 3.05) is 27.2 Å². The maximum absolute atomic E-state index is 14.0. The van der Waals surface area contributed by atoms with E-state index < -0.39 is 6.17 Å². The summed E-state index contributed by atoms with van der Waals surface area (Å²) in [6.07, 6.45) is 0.651. The van der Waals surface area contributed by atoms with Gasteiger partial charge >= 0.3 is 0 Å². The average molecular weight is 389 g/mol. The van der Waals surface area contributed by atoms with Crippen LogP contribution in [0.1, 0.15) is 22.5 Å². The van der Waals surface area contributed by atoms with E-state index in [4.69, 9.17) is 4.74 Å². The van der Waals surface area contributed by atoms with Crippen molar-refractivity contribution in [3.05, 3.63) is 47.8 Å². The highest BCUT2D eigenvalue weighted by Crippen LogP contribution is 2.22. The number of benzene rings is 1. The van der Waals surface area contributed by atoms with Crippen molar-refractivity contribution in [1.29, 1.82) is 0 Å². The van der Waals surface area contributed by atoms with Gasteiger partial charge in [0.1, 0.15) is 12.8 Å². The molecule has 0 aliphatic carbocycles. The van der Waals surface area contributed by atoms with Crippen LogP contribution >= 0.6 is 0 Å². The maximum Gasteiger partial charge on any atom is 0.275 e. The molecule has 9 heteroatoms. The van der Waals surface area contributed by atoms with Crippen LogP contribution in [0.5, 0.6) is 0 Å². The Balaban J connectivity index is 1.56. The summed E-state index contributed by atoms with van der Waals surface area (Å²) < 4.78 is 20.9. The molecule has 2 aromatic rings. The first-order valence-electron chi connectivity index (χ1n) is 9.11. The lowest BCUT2D eigenvalue weighted by molar-refractivity contribution is -0.137. The van der Waals surface area contributed by atoms with Crippen LogP contribution in [0, 0.1) is 0 Å². The summed E-state index contributed by atoms with van der Waals surface area (Å²) in [6, 6.07) is 9.19. The van der Waals surface area contributed by atoms with Crippen molar-refractivity contribution in [3.8, 4) is 0 Å². The van der Waals surface area contributed by atoms with Gasteiger partial charge in [-0.1, -0.05) is 35.5 Å². The number of alkyl halides is 1. The molecule has 1 aromatic heterocycles. The van der Waals surface area contributed by atoms with Crippen molar-refractivity contribution in [2.24, 2.45) is 0 Å². The summed E-state index contributed by atoms with van der Waals surface area (Å²) in [6.45, 7) is 0.526. The minimum atomic E-state index is -1.09. The van der Waals surface area contributed by atoms with Crippen LogP contribution < -0.4 is 0 Å². The van der Waals surface area contributed by atoms with Gasteiger partial charge in [0, 0.05) is 20.5 Å². The van der Waals surface area contributed by atoms with E-state index in [0.29, 0.717) is 6.61 Å². The zero-order valence-electron chi connectivity index (χ0n) is 16.0. The third kappa shape index (κ3) is 4.92. The number of aromatic nitrogens is 3. The molecular weight excluding hydrogens is 365 g/mol. The molecule has 1 aromatic carbocycles. The predicted octanol–water partition coefficient (Wildman–Crippen LogP) is 1.14. The summed E-state index contributed by atoms with van der Waals surface area (Å²) in [5.74, 6) is -0.519. The lowest BCUT2D eigenvalue weighted by atomic mass is 10.2. The van der Waals surface area contributed by atoms with Crippen LogP contribution in [-0.4, -0.2) is 76.1 Å². The molecule has 0 radical (unpaired) electrons. The van der Waals surface area contributed by atoms with E-state index in [1.807, 2.05) is 30.3 Å². The second-order valence-electron chi connectivity index (χ2n) is 7.04. The maximum atomic E-state index is 14.0. The largest absolute Gasteiger partial charge is 0.367 e. The summed E-state index contributed by atoms with van der Waals surface area (Å²) in [4.78, 5) is 27.3. The van der Waals surface area contributed by atoms with E-state index in [2.05, 4.69) is 10.3 Å². The first-order valence-corrected chi connectivity index (χ1v) is 9.11. The van der Waals surface area contributed by atoms with Gasteiger partial charge in [0.2, 0.25) is 5.91 Å². The first kappa shape index (κ1) is 19.9. The predicted molar refractivity (Wildman–Crippen MR) is 99.2 cm³/mol. The lowest BCUT2D eigenvalue weighted by Crippen LogP contribution is -2.40. The minimum absolute atomic E-state index is 0.0381. The molecule has 2 amide bonds. The normalized spacial score (nSPS) is 19.0. The molecule has 0 spiro atoms. The molecule has 2 atom stereocenters. The van der Waals surface area contributed by atoms with Gasteiger partial charge in [-0.3, -0.25) is 9.59 Å². The number of rotatable bonds is 7. The monoisotopic (exact) mass is 389 g/mol. The highest BCUT2D eigenvalue weighted by Gasteiger charge is 2.35. The number of nitrogens with zero attached hydrogens (tertiary/aromatic N) is 5. The molecule has 0 saturated carbocycles. The molecular formula is C19H24FN5O3. The Bertz CT molecular complexity index is 811. The molecule has 1 aliphatic heterocycles. The van der Waals surface area contributed by atoms with Crippen LogP contribution in [0.3, 0.4) is 0 Å². The van der Waals surface area contributed by atoms with Gasteiger partial charge in [0.05, 0.1) is 31.9 Å². The second kappa shape index (κ2) is 8.92. The van der Waals surface area contributed by atoms with Gasteiger partial charge < -0.3 is 14.5 Å². The van der Waals surface area contributed by atoms with Crippen molar-refractivity contribution in [3.63, 3.8) is 0 Å². The fraction of sp³-hybridized carbons (Fsp3) is 0.474. The fourth-order valence-corrected chi connectivity index (χ4v) is 3.18. The summed E-state index contributed by atoms with van der Waals surface area (Å²) >= 11 is 0. The van der Waals surface area contributed by atoms with E-state index in [9.17, 15) is 14.0 Å². The van der Waals surface area contributed by atoms with Crippen LogP contribution in [0.4, 0.5) is 4.39 Å². The Morgan fingerprint density at radius 2 is 2.04 bits per heavy atom. The molecule has 0 unspecified atom stereocenters. The van der Waals surface area contributed by atoms with Crippen molar-refractivity contribution < 1.29 is 18.7 Å².